The molecule has 1 aliphatic rings. The van der Waals surface area contributed by atoms with Gasteiger partial charge in [-0.25, -0.2) is 9.13 Å². The molecule has 0 unspecified atom stereocenters. The van der Waals surface area contributed by atoms with Crippen LogP contribution in [0.3, 0.4) is 0 Å². The fourth-order valence-electron chi connectivity index (χ4n) is 2.26. The minimum absolute atomic E-state index is 0. The number of aromatic nitrogens is 2. The van der Waals surface area contributed by atoms with Gasteiger partial charge in [-0.1, -0.05) is 12.8 Å². The summed E-state index contributed by atoms with van der Waals surface area (Å²) >= 11 is 0. The van der Waals surface area contributed by atoms with Crippen LogP contribution in [0, 0.1) is 6.92 Å². The van der Waals surface area contributed by atoms with Crippen molar-refractivity contribution >= 4 is 5.91 Å². The Hall–Kier alpha value is -1.03. The number of rotatable bonds is 3. The van der Waals surface area contributed by atoms with E-state index in [-0.39, 0.29) is 18.3 Å². The summed E-state index contributed by atoms with van der Waals surface area (Å²) in [5.41, 5.74) is 0. The van der Waals surface area contributed by atoms with E-state index >= 15 is 0 Å². The first-order valence-electron chi connectivity index (χ1n) is 5.97. The van der Waals surface area contributed by atoms with Gasteiger partial charge in [0.1, 0.15) is 12.4 Å². The Balaban J connectivity index is 0.00000144. The van der Waals surface area contributed by atoms with E-state index in [4.69, 9.17) is 0 Å². The summed E-state index contributed by atoms with van der Waals surface area (Å²) in [6.07, 6.45) is 8.71. The monoisotopic (exact) mass is 257 g/mol. The van der Waals surface area contributed by atoms with Crippen LogP contribution in [-0.4, -0.2) is 16.5 Å². The molecule has 0 spiro atoms. The zero-order chi connectivity index (χ0) is 11.5. The highest BCUT2D eigenvalue weighted by Gasteiger charge is 2.19. The average molecular weight is 258 g/mol. The largest absolute Gasteiger partial charge is 1.00 e. The van der Waals surface area contributed by atoms with Gasteiger partial charge in [0.15, 0.2) is 6.54 Å². The molecule has 1 fully saturated rings. The second-order valence-corrected chi connectivity index (χ2v) is 4.63. The van der Waals surface area contributed by atoms with E-state index in [0.29, 0.717) is 12.6 Å². The lowest BCUT2D eigenvalue weighted by Crippen LogP contribution is -3.00. The Morgan fingerprint density at radius 2 is 2.18 bits per heavy atom. The van der Waals surface area contributed by atoms with Gasteiger partial charge >= 0.3 is 0 Å². The lowest BCUT2D eigenvalue weighted by molar-refractivity contribution is -0.677. The standard InChI is InChI=1S/C12H19N3O.ClH/c1-10-14(2)7-8-15(10)9-12(16)13-11-5-3-4-6-11;/h7-8,11H,3-6,9H2,1-2H3;1H. The fraction of sp³-hybridized carbons (Fsp3) is 0.667. The highest BCUT2D eigenvalue weighted by molar-refractivity contribution is 5.76. The Bertz CT molecular complexity index is 383. The molecule has 1 aromatic heterocycles. The highest BCUT2D eigenvalue weighted by Crippen LogP contribution is 2.17. The zero-order valence-corrected chi connectivity index (χ0v) is 11.2. The third-order valence-corrected chi connectivity index (χ3v) is 3.43. The number of hydrogen-bond donors (Lipinski definition) is 1. The topological polar surface area (TPSA) is 37.9 Å². The van der Waals surface area contributed by atoms with Gasteiger partial charge in [-0.05, 0) is 12.8 Å². The zero-order valence-electron chi connectivity index (χ0n) is 10.4. The van der Waals surface area contributed by atoms with Crippen LogP contribution < -0.4 is 22.3 Å². The maximum atomic E-state index is 11.8. The smallest absolute Gasteiger partial charge is 0.262 e. The lowest BCUT2D eigenvalue weighted by atomic mass is 10.2. The Kier molecular flexibility index (Phi) is 5.00. The van der Waals surface area contributed by atoms with Crippen LogP contribution >= 0.6 is 0 Å². The molecule has 1 amide bonds. The van der Waals surface area contributed by atoms with Gasteiger partial charge in [-0.2, -0.15) is 0 Å². The fourth-order valence-corrected chi connectivity index (χ4v) is 2.26. The molecule has 0 atom stereocenters. The molecule has 0 aliphatic heterocycles. The van der Waals surface area contributed by atoms with E-state index in [2.05, 4.69) is 5.32 Å². The molecule has 17 heavy (non-hydrogen) atoms. The molecule has 0 aromatic carbocycles. The summed E-state index contributed by atoms with van der Waals surface area (Å²) < 4.78 is 3.99. The molecule has 0 bridgehead atoms. The predicted molar refractivity (Wildman–Crippen MR) is 60.7 cm³/mol. The number of nitrogens with one attached hydrogen (secondary N) is 1. The van der Waals surface area contributed by atoms with Crippen molar-refractivity contribution in [1.82, 2.24) is 9.88 Å². The van der Waals surface area contributed by atoms with E-state index in [1.54, 1.807) is 0 Å². The van der Waals surface area contributed by atoms with Crippen LogP contribution in [0.25, 0.3) is 0 Å². The molecule has 1 aliphatic carbocycles. The van der Waals surface area contributed by atoms with E-state index in [0.717, 1.165) is 18.7 Å². The quantitative estimate of drug-likeness (QED) is 0.607. The summed E-state index contributed by atoms with van der Waals surface area (Å²) in [4.78, 5) is 11.8. The first-order chi connectivity index (χ1) is 7.66. The van der Waals surface area contributed by atoms with Crippen LogP contribution in [0.4, 0.5) is 0 Å². The van der Waals surface area contributed by atoms with Crippen molar-refractivity contribution < 1.29 is 21.8 Å². The van der Waals surface area contributed by atoms with Crippen LogP contribution in [0.15, 0.2) is 12.4 Å². The third kappa shape index (κ3) is 3.46. The third-order valence-electron chi connectivity index (χ3n) is 3.43. The summed E-state index contributed by atoms with van der Waals surface area (Å²) in [5, 5.41) is 3.09. The van der Waals surface area contributed by atoms with Crippen molar-refractivity contribution in [2.24, 2.45) is 7.05 Å². The van der Waals surface area contributed by atoms with Crippen LogP contribution in [-0.2, 0) is 18.4 Å². The predicted octanol–water partition coefficient (Wildman–Crippen LogP) is -2.32. The second-order valence-electron chi connectivity index (χ2n) is 4.63. The molecular formula is C12H20ClN3O. The van der Waals surface area contributed by atoms with Crippen molar-refractivity contribution in [2.45, 2.75) is 45.2 Å². The SMILES string of the molecule is Cc1n(CC(=O)NC2CCCC2)cc[n+]1C.[Cl-]. The molecule has 5 heteroatoms. The summed E-state index contributed by atoms with van der Waals surface area (Å²) in [6, 6.07) is 0.414. The number of imidazole rings is 1. The van der Waals surface area contributed by atoms with Crippen LogP contribution in [0.5, 0.6) is 0 Å². The van der Waals surface area contributed by atoms with E-state index in [1.165, 1.54) is 12.8 Å². The first kappa shape index (κ1) is 14.0. The summed E-state index contributed by atoms with van der Waals surface area (Å²) in [6.45, 7) is 2.45. The maximum absolute atomic E-state index is 11.8. The molecule has 96 valence electrons. The number of carbonyl (C=O) groups is 1. The molecule has 1 saturated carbocycles. The van der Waals surface area contributed by atoms with E-state index in [9.17, 15) is 4.79 Å². The molecule has 1 N–H and O–H groups in total. The lowest BCUT2D eigenvalue weighted by Gasteiger charge is -2.10. The van der Waals surface area contributed by atoms with Gasteiger partial charge in [0.25, 0.3) is 11.7 Å². The molecular weight excluding hydrogens is 238 g/mol. The average Bonchev–Trinajstić information content (AvgIpc) is 2.83. The first-order valence-corrected chi connectivity index (χ1v) is 5.97. The number of carbonyl (C=O) groups excluding carboxylic acids is 1. The van der Waals surface area contributed by atoms with E-state index < -0.39 is 0 Å². The van der Waals surface area contributed by atoms with Gasteiger partial charge < -0.3 is 17.7 Å². The van der Waals surface area contributed by atoms with Crippen molar-refractivity contribution in [3.05, 3.63) is 18.2 Å². The molecule has 0 saturated heterocycles. The number of hydrogen-bond acceptors (Lipinski definition) is 1. The van der Waals surface area contributed by atoms with Crippen LogP contribution in [0.1, 0.15) is 31.5 Å². The molecule has 1 heterocycles. The Morgan fingerprint density at radius 3 is 2.71 bits per heavy atom. The van der Waals surface area contributed by atoms with Crippen molar-refractivity contribution in [3.8, 4) is 0 Å². The second kappa shape index (κ2) is 6.05. The van der Waals surface area contributed by atoms with Gasteiger partial charge in [-0.15, -0.1) is 0 Å². The van der Waals surface area contributed by atoms with E-state index in [1.807, 2.05) is 35.5 Å². The molecule has 0 radical (unpaired) electrons. The minimum Gasteiger partial charge on any atom is -1.00 e. The van der Waals surface area contributed by atoms with Gasteiger partial charge in [-0.3, -0.25) is 4.79 Å². The number of aryl methyl sites for hydroxylation is 1. The summed E-state index contributed by atoms with van der Waals surface area (Å²) in [5.74, 6) is 1.23. The minimum atomic E-state index is 0. The molecule has 1 aromatic rings. The normalized spacial score (nSPS) is 15.6. The van der Waals surface area contributed by atoms with Crippen molar-refractivity contribution in [1.29, 1.82) is 0 Å². The van der Waals surface area contributed by atoms with Crippen LogP contribution in [0.2, 0.25) is 0 Å². The number of amides is 1. The van der Waals surface area contributed by atoms with Gasteiger partial charge in [0.2, 0.25) is 0 Å². The molecule has 4 nitrogen and oxygen atoms in total. The summed E-state index contributed by atoms with van der Waals surface area (Å²) in [7, 11) is 1.99. The number of halogens is 1. The van der Waals surface area contributed by atoms with Gasteiger partial charge in [0.05, 0.1) is 7.05 Å². The molecule has 2 rings (SSSR count). The number of nitrogens with zero attached hydrogens (tertiary/aromatic N) is 2. The van der Waals surface area contributed by atoms with Crippen molar-refractivity contribution in [3.63, 3.8) is 0 Å². The highest BCUT2D eigenvalue weighted by atomic mass is 35.5. The van der Waals surface area contributed by atoms with Crippen molar-refractivity contribution in [2.75, 3.05) is 0 Å². The Morgan fingerprint density at radius 1 is 1.53 bits per heavy atom. The Labute approximate surface area is 108 Å². The van der Waals surface area contributed by atoms with Gasteiger partial charge in [0, 0.05) is 13.0 Å². The maximum Gasteiger partial charge on any atom is 0.262 e.